The maximum Gasteiger partial charge on any atom is 0.164 e. The number of benzene rings is 1. The summed E-state index contributed by atoms with van der Waals surface area (Å²) >= 11 is 0. The van der Waals surface area contributed by atoms with Gasteiger partial charge in [-0.3, -0.25) is 0 Å². The lowest BCUT2D eigenvalue weighted by molar-refractivity contribution is 0.0422. The molecule has 1 aliphatic heterocycles. The number of hydrogen-bond donors (Lipinski definition) is 1. The summed E-state index contributed by atoms with van der Waals surface area (Å²) in [6.07, 6.45) is 1.30. The van der Waals surface area contributed by atoms with Gasteiger partial charge in [0, 0.05) is 38.0 Å². The van der Waals surface area contributed by atoms with Crippen LogP contribution in [0.1, 0.15) is 23.1 Å². The summed E-state index contributed by atoms with van der Waals surface area (Å²) in [5.41, 5.74) is 4.42. The molecule has 0 radical (unpaired) electrons. The van der Waals surface area contributed by atoms with Gasteiger partial charge in [-0.15, -0.1) is 0 Å². The predicted octanol–water partition coefficient (Wildman–Crippen LogP) is 2.46. The molecule has 0 spiro atoms. The van der Waals surface area contributed by atoms with Gasteiger partial charge in [0.25, 0.3) is 0 Å². The maximum absolute atomic E-state index is 9.69. The molecule has 1 N–H and O–H groups in total. The number of anilines is 1. The van der Waals surface area contributed by atoms with Crippen molar-refractivity contribution < 1.29 is 14.6 Å². The number of nitrogens with zero attached hydrogens (tertiary/aromatic N) is 5. The van der Waals surface area contributed by atoms with Crippen molar-refractivity contribution >= 4 is 5.82 Å². The highest BCUT2D eigenvalue weighted by atomic mass is 16.5. The fourth-order valence-corrected chi connectivity index (χ4v) is 3.54. The third-order valence-electron chi connectivity index (χ3n) is 5.49. The van der Waals surface area contributed by atoms with Crippen LogP contribution in [-0.2, 0) is 9.47 Å². The lowest BCUT2D eigenvalue weighted by Crippen LogP contribution is -2.37. The molecular weight excluding hydrogens is 382 g/mol. The van der Waals surface area contributed by atoms with Crippen LogP contribution in [0, 0.1) is 13.8 Å². The highest BCUT2D eigenvalue weighted by molar-refractivity contribution is 5.64. The van der Waals surface area contributed by atoms with Gasteiger partial charge in [-0.1, -0.05) is 18.2 Å². The van der Waals surface area contributed by atoms with Gasteiger partial charge in [0.15, 0.2) is 11.6 Å². The minimum Gasteiger partial charge on any atom is -0.393 e. The molecule has 8 heteroatoms. The first-order valence-electron chi connectivity index (χ1n) is 10.1. The van der Waals surface area contributed by atoms with Crippen LogP contribution in [0.25, 0.3) is 17.1 Å². The van der Waals surface area contributed by atoms with Gasteiger partial charge >= 0.3 is 0 Å². The number of methoxy groups -OCH3 is 1. The lowest BCUT2D eigenvalue weighted by Gasteiger charge is -2.28. The first-order chi connectivity index (χ1) is 14.6. The zero-order chi connectivity index (χ0) is 21.1. The van der Waals surface area contributed by atoms with E-state index in [0.29, 0.717) is 24.9 Å². The fraction of sp³-hybridized carbons (Fsp3) is 0.409. The molecule has 30 heavy (non-hydrogen) atoms. The summed E-state index contributed by atoms with van der Waals surface area (Å²) in [5.74, 6) is 1.84. The molecule has 0 saturated carbocycles. The van der Waals surface area contributed by atoms with E-state index in [1.165, 1.54) is 18.2 Å². The third-order valence-corrected chi connectivity index (χ3v) is 5.49. The highest BCUT2D eigenvalue weighted by Crippen LogP contribution is 2.26. The molecule has 0 aliphatic carbocycles. The molecular formula is C22H27N5O3. The number of rotatable bonds is 6. The topological polar surface area (TPSA) is 85.5 Å². The van der Waals surface area contributed by atoms with Crippen LogP contribution in [0.15, 0.2) is 36.5 Å². The number of aromatic nitrogens is 4. The van der Waals surface area contributed by atoms with Crippen molar-refractivity contribution in [1.29, 1.82) is 0 Å². The van der Waals surface area contributed by atoms with Crippen LogP contribution in [0.5, 0.6) is 0 Å². The van der Waals surface area contributed by atoms with Crippen molar-refractivity contribution in [3.8, 4) is 17.1 Å². The predicted molar refractivity (Wildman–Crippen MR) is 114 cm³/mol. The summed E-state index contributed by atoms with van der Waals surface area (Å²) in [4.78, 5) is 11.4. The highest BCUT2D eigenvalue weighted by Gasteiger charge is 2.20. The van der Waals surface area contributed by atoms with E-state index in [1.807, 2.05) is 24.4 Å². The Balaban J connectivity index is 1.75. The van der Waals surface area contributed by atoms with E-state index in [4.69, 9.17) is 14.6 Å². The van der Waals surface area contributed by atoms with Gasteiger partial charge in [0.2, 0.25) is 0 Å². The van der Waals surface area contributed by atoms with Crippen molar-refractivity contribution in [1.82, 2.24) is 19.7 Å². The summed E-state index contributed by atoms with van der Waals surface area (Å²) in [5, 5.41) is 14.5. The molecule has 2 aromatic heterocycles. The molecule has 1 aromatic carbocycles. The average Bonchev–Trinajstić information content (AvgIpc) is 3.27. The normalized spacial score (nSPS) is 15.4. The number of aliphatic hydroxyl groups is 1. The quantitative estimate of drug-likeness (QED) is 0.669. The first-order valence-corrected chi connectivity index (χ1v) is 10.1. The Kier molecular flexibility index (Phi) is 6.08. The van der Waals surface area contributed by atoms with Crippen molar-refractivity contribution in [2.24, 2.45) is 0 Å². The van der Waals surface area contributed by atoms with Gasteiger partial charge in [0.05, 0.1) is 25.5 Å². The molecule has 158 valence electrons. The number of aryl methyl sites for hydroxylation is 1. The molecule has 1 atom stereocenters. The molecule has 1 unspecified atom stereocenters. The Morgan fingerprint density at radius 1 is 1.13 bits per heavy atom. The monoisotopic (exact) mass is 409 g/mol. The lowest BCUT2D eigenvalue weighted by atomic mass is 10.0. The smallest absolute Gasteiger partial charge is 0.164 e. The fourth-order valence-electron chi connectivity index (χ4n) is 3.54. The number of ether oxygens (including phenoxy) is 2. The summed E-state index contributed by atoms with van der Waals surface area (Å²) in [6, 6.07) is 10.1. The number of morpholine rings is 1. The second-order valence-corrected chi connectivity index (χ2v) is 7.34. The Bertz CT molecular complexity index is 1010. The molecule has 1 fully saturated rings. The van der Waals surface area contributed by atoms with Crippen LogP contribution in [0.3, 0.4) is 0 Å². The SMILES string of the molecule is COC(CO)c1nc(N2CCOCC2)cc(-n2ccc(-c3cccc(C)c3C)n2)n1. The summed E-state index contributed by atoms with van der Waals surface area (Å²) in [6.45, 7) is 6.81. The standard InChI is InChI=1S/C22H27N5O3/c1-15-5-4-6-17(16(15)2)18-7-8-27(25-18)21-13-20(26-9-11-30-12-10-26)23-22(24-21)19(14-28)29-3/h4-8,13,19,28H,9-12,14H2,1-3H3. The van der Waals surface area contributed by atoms with E-state index >= 15 is 0 Å². The minimum atomic E-state index is -0.598. The van der Waals surface area contributed by atoms with Crippen molar-refractivity contribution in [3.05, 3.63) is 53.5 Å². The molecule has 3 aromatic rings. The van der Waals surface area contributed by atoms with E-state index < -0.39 is 6.10 Å². The van der Waals surface area contributed by atoms with E-state index in [0.717, 1.165) is 30.2 Å². The first kappa shape index (κ1) is 20.5. The maximum atomic E-state index is 9.69. The summed E-state index contributed by atoms with van der Waals surface area (Å²) in [7, 11) is 1.54. The molecule has 1 aliphatic rings. The van der Waals surface area contributed by atoms with E-state index in [-0.39, 0.29) is 6.61 Å². The average molecular weight is 409 g/mol. The van der Waals surface area contributed by atoms with Crippen LogP contribution >= 0.6 is 0 Å². The Morgan fingerprint density at radius 3 is 2.63 bits per heavy atom. The van der Waals surface area contributed by atoms with Crippen LogP contribution < -0.4 is 4.90 Å². The Labute approximate surface area is 176 Å². The van der Waals surface area contributed by atoms with Crippen molar-refractivity contribution in [2.45, 2.75) is 20.0 Å². The second-order valence-electron chi connectivity index (χ2n) is 7.34. The molecule has 0 amide bonds. The van der Waals surface area contributed by atoms with Gasteiger partial charge in [0.1, 0.15) is 11.9 Å². The van der Waals surface area contributed by atoms with Gasteiger partial charge in [-0.05, 0) is 31.0 Å². The van der Waals surface area contributed by atoms with Gasteiger partial charge in [-0.2, -0.15) is 5.10 Å². The van der Waals surface area contributed by atoms with E-state index in [2.05, 4.69) is 40.8 Å². The summed E-state index contributed by atoms with van der Waals surface area (Å²) < 4.78 is 12.6. The molecule has 1 saturated heterocycles. The zero-order valence-electron chi connectivity index (χ0n) is 17.6. The Hall–Kier alpha value is -2.81. The van der Waals surface area contributed by atoms with E-state index in [9.17, 15) is 5.11 Å². The number of hydrogen-bond acceptors (Lipinski definition) is 7. The van der Waals surface area contributed by atoms with Gasteiger partial charge < -0.3 is 19.5 Å². The van der Waals surface area contributed by atoms with Crippen LogP contribution in [0.4, 0.5) is 5.82 Å². The molecule has 4 rings (SSSR count). The molecule has 0 bridgehead atoms. The van der Waals surface area contributed by atoms with Crippen molar-refractivity contribution in [3.63, 3.8) is 0 Å². The Morgan fingerprint density at radius 2 is 1.90 bits per heavy atom. The largest absolute Gasteiger partial charge is 0.393 e. The zero-order valence-corrected chi connectivity index (χ0v) is 17.6. The van der Waals surface area contributed by atoms with Crippen LogP contribution in [-0.4, -0.2) is 64.9 Å². The second kappa shape index (κ2) is 8.91. The van der Waals surface area contributed by atoms with E-state index in [1.54, 1.807) is 4.68 Å². The molecule has 3 heterocycles. The van der Waals surface area contributed by atoms with Gasteiger partial charge in [-0.25, -0.2) is 14.6 Å². The minimum absolute atomic E-state index is 0.199. The van der Waals surface area contributed by atoms with Crippen LogP contribution in [0.2, 0.25) is 0 Å². The third kappa shape index (κ3) is 4.07. The number of aliphatic hydroxyl groups excluding tert-OH is 1. The van der Waals surface area contributed by atoms with Crippen molar-refractivity contribution in [2.75, 3.05) is 44.9 Å². The molecule has 8 nitrogen and oxygen atoms in total.